The molecule has 1 aromatic carbocycles. The van der Waals surface area contributed by atoms with Crippen molar-refractivity contribution < 1.29 is 9.53 Å². The topological polar surface area (TPSA) is 89.3 Å². The normalized spacial score (nSPS) is 10.0. The molecule has 21 heavy (non-hydrogen) atoms. The summed E-state index contributed by atoms with van der Waals surface area (Å²) in [5.74, 6) is 6.26. The number of aromatic nitrogens is 1. The van der Waals surface area contributed by atoms with Gasteiger partial charge in [-0.3, -0.25) is 4.79 Å². The number of nitrogens with one attached hydrogen (secondary N) is 2. The van der Waals surface area contributed by atoms with E-state index in [1.54, 1.807) is 31.2 Å². The van der Waals surface area contributed by atoms with Crippen molar-refractivity contribution in [1.29, 1.82) is 0 Å². The Bertz CT molecular complexity index is 643. The molecule has 0 fully saturated rings. The predicted molar refractivity (Wildman–Crippen MR) is 82.3 cm³/mol. The van der Waals surface area contributed by atoms with E-state index in [-0.39, 0.29) is 5.91 Å². The molecule has 2 aromatic rings. The van der Waals surface area contributed by atoms with Crippen LogP contribution in [0.15, 0.2) is 36.4 Å². The predicted octanol–water partition coefficient (Wildman–Crippen LogP) is 2.33. The van der Waals surface area contributed by atoms with E-state index in [0.717, 1.165) is 0 Å². The third-order valence-electron chi connectivity index (χ3n) is 2.77. The zero-order valence-electron chi connectivity index (χ0n) is 12.0. The largest absolute Gasteiger partial charge is 0.494 e. The van der Waals surface area contributed by atoms with Crippen LogP contribution in [0.5, 0.6) is 5.75 Å². The smallest absolute Gasteiger partial charge is 0.255 e. The van der Waals surface area contributed by atoms with Crippen LogP contribution in [0.25, 0.3) is 0 Å². The molecule has 0 bridgehead atoms. The monoisotopic (exact) mass is 286 g/mol. The second kappa shape index (κ2) is 6.71. The lowest BCUT2D eigenvalue weighted by atomic mass is 10.2. The molecule has 1 heterocycles. The van der Waals surface area contributed by atoms with Crippen molar-refractivity contribution in [3.8, 4) is 5.75 Å². The van der Waals surface area contributed by atoms with Crippen molar-refractivity contribution in [2.45, 2.75) is 13.8 Å². The van der Waals surface area contributed by atoms with Gasteiger partial charge in [0, 0.05) is 23.0 Å². The van der Waals surface area contributed by atoms with Gasteiger partial charge >= 0.3 is 0 Å². The molecular weight excluding hydrogens is 268 g/mol. The van der Waals surface area contributed by atoms with Crippen LogP contribution < -0.4 is 21.3 Å². The summed E-state index contributed by atoms with van der Waals surface area (Å²) in [6.45, 7) is 4.28. The molecule has 6 nitrogen and oxygen atoms in total. The highest BCUT2D eigenvalue weighted by atomic mass is 16.5. The van der Waals surface area contributed by atoms with Crippen LogP contribution in [0.1, 0.15) is 23.0 Å². The van der Waals surface area contributed by atoms with Gasteiger partial charge in [0.15, 0.2) is 0 Å². The second-order valence-electron chi connectivity index (χ2n) is 4.44. The van der Waals surface area contributed by atoms with Crippen LogP contribution >= 0.6 is 0 Å². The average Bonchev–Trinajstić information content (AvgIpc) is 2.47. The molecular formula is C15H18N4O2. The Morgan fingerprint density at radius 1 is 1.33 bits per heavy atom. The summed E-state index contributed by atoms with van der Waals surface area (Å²) in [4.78, 5) is 16.4. The fourth-order valence-electron chi connectivity index (χ4n) is 1.91. The summed E-state index contributed by atoms with van der Waals surface area (Å²) < 4.78 is 5.40. The lowest BCUT2D eigenvalue weighted by Crippen LogP contribution is -2.15. The van der Waals surface area contributed by atoms with Crippen LogP contribution in [0, 0.1) is 6.92 Å². The van der Waals surface area contributed by atoms with Crippen molar-refractivity contribution in [2.24, 2.45) is 5.84 Å². The van der Waals surface area contributed by atoms with Crippen molar-refractivity contribution in [3.63, 3.8) is 0 Å². The maximum atomic E-state index is 12.3. The lowest BCUT2D eigenvalue weighted by Gasteiger charge is -2.09. The van der Waals surface area contributed by atoms with E-state index in [1.807, 2.05) is 19.1 Å². The molecule has 0 saturated carbocycles. The molecule has 0 unspecified atom stereocenters. The number of aryl methyl sites for hydroxylation is 1. The molecule has 1 amide bonds. The van der Waals surface area contributed by atoms with E-state index >= 15 is 0 Å². The highest BCUT2D eigenvalue weighted by molar-refractivity contribution is 6.04. The first-order chi connectivity index (χ1) is 10.1. The molecule has 0 aliphatic heterocycles. The van der Waals surface area contributed by atoms with E-state index in [1.165, 1.54) is 0 Å². The number of nitrogen functional groups attached to an aromatic ring is 1. The van der Waals surface area contributed by atoms with Gasteiger partial charge in [-0.05, 0) is 38.1 Å². The van der Waals surface area contributed by atoms with E-state index in [4.69, 9.17) is 10.6 Å². The number of benzene rings is 1. The van der Waals surface area contributed by atoms with E-state index < -0.39 is 0 Å². The van der Waals surface area contributed by atoms with Crippen LogP contribution in [-0.4, -0.2) is 17.5 Å². The number of carbonyl (C=O) groups excluding carboxylic acids is 1. The number of ether oxygens (including phenoxy) is 1. The van der Waals surface area contributed by atoms with Crippen molar-refractivity contribution in [1.82, 2.24) is 4.98 Å². The number of rotatable bonds is 5. The number of nitrogens with two attached hydrogens (primary N) is 1. The van der Waals surface area contributed by atoms with Gasteiger partial charge < -0.3 is 15.5 Å². The van der Waals surface area contributed by atoms with Gasteiger partial charge in [-0.2, -0.15) is 0 Å². The summed E-state index contributed by atoms with van der Waals surface area (Å²) in [5.41, 5.74) is 4.30. The number of anilines is 2. The van der Waals surface area contributed by atoms with Crippen LogP contribution in [0.2, 0.25) is 0 Å². The molecule has 0 spiro atoms. The van der Waals surface area contributed by atoms with Gasteiger partial charge in [0.1, 0.15) is 11.6 Å². The highest BCUT2D eigenvalue weighted by Gasteiger charge is 2.09. The van der Waals surface area contributed by atoms with E-state index in [2.05, 4.69) is 15.7 Å². The van der Waals surface area contributed by atoms with Gasteiger partial charge in [0.2, 0.25) is 0 Å². The van der Waals surface area contributed by atoms with Gasteiger partial charge in [-0.25, -0.2) is 10.8 Å². The first-order valence-corrected chi connectivity index (χ1v) is 6.62. The molecule has 0 aliphatic carbocycles. The van der Waals surface area contributed by atoms with Crippen LogP contribution in [-0.2, 0) is 0 Å². The summed E-state index contributed by atoms with van der Waals surface area (Å²) in [6.07, 6.45) is 0. The maximum Gasteiger partial charge on any atom is 0.255 e. The second-order valence-corrected chi connectivity index (χ2v) is 4.44. The lowest BCUT2D eigenvalue weighted by molar-refractivity contribution is 0.102. The minimum absolute atomic E-state index is 0.231. The Kier molecular flexibility index (Phi) is 4.73. The average molecular weight is 286 g/mol. The fraction of sp³-hybridized carbons (Fsp3) is 0.200. The molecule has 0 atom stereocenters. The first-order valence-electron chi connectivity index (χ1n) is 6.62. The molecule has 1 aromatic heterocycles. The number of hydrogen-bond acceptors (Lipinski definition) is 5. The zero-order chi connectivity index (χ0) is 15.2. The summed E-state index contributed by atoms with van der Waals surface area (Å²) in [5, 5.41) is 2.82. The van der Waals surface area contributed by atoms with Gasteiger partial charge in [-0.15, -0.1) is 0 Å². The maximum absolute atomic E-state index is 12.3. The molecule has 0 aliphatic rings. The van der Waals surface area contributed by atoms with Crippen LogP contribution in [0.4, 0.5) is 11.5 Å². The Morgan fingerprint density at radius 3 is 2.86 bits per heavy atom. The molecule has 110 valence electrons. The minimum Gasteiger partial charge on any atom is -0.494 e. The fourth-order valence-corrected chi connectivity index (χ4v) is 1.91. The van der Waals surface area contributed by atoms with E-state index in [9.17, 15) is 4.79 Å². The van der Waals surface area contributed by atoms with E-state index in [0.29, 0.717) is 35.1 Å². The van der Waals surface area contributed by atoms with Gasteiger partial charge in [-0.1, -0.05) is 6.07 Å². The number of pyridine rings is 1. The number of carbonyl (C=O) groups is 1. The zero-order valence-corrected chi connectivity index (χ0v) is 12.0. The highest BCUT2D eigenvalue weighted by Crippen LogP contribution is 2.18. The minimum atomic E-state index is -0.231. The number of nitrogens with zero attached hydrogens (tertiary/aromatic N) is 1. The number of hydrogen-bond donors (Lipinski definition) is 3. The number of amides is 1. The van der Waals surface area contributed by atoms with Crippen molar-refractivity contribution >= 4 is 17.4 Å². The molecule has 6 heteroatoms. The van der Waals surface area contributed by atoms with Gasteiger partial charge in [0.25, 0.3) is 5.91 Å². The molecule has 4 N–H and O–H groups in total. The van der Waals surface area contributed by atoms with Crippen molar-refractivity contribution in [3.05, 3.63) is 47.7 Å². The summed E-state index contributed by atoms with van der Waals surface area (Å²) in [6, 6.07) is 10.5. The SMILES string of the molecule is CCOc1cccc(NC(=O)c2cc(C)nc(NN)c2)c1. The van der Waals surface area contributed by atoms with Gasteiger partial charge in [0.05, 0.1) is 6.61 Å². The third kappa shape index (κ3) is 3.93. The summed E-state index contributed by atoms with van der Waals surface area (Å²) >= 11 is 0. The Labute approximate surface area is 123 Å². The van der Waals surface area contributed by atoms with Crippen LogP contribution in [0.3, 0.4) is 0 Å². The molecule has 2 rings (SSSR count). The Morgan fingerprint density at radius 2 is 2.14 bits per heavy atom. The van der Waals surface area contributed by atoms with Crippen molar-refractivity contribution in [2.75, 3.05) is 17.3 Å². The molecule has 0 saturated heterocycles. The Balaban J connectivity index is 2.17. The molecule has 0 radical (unpaired) electrons. The quantitative estimate of drug-likeness (QED) is 0.580. The summed E-state index contributed by atoms with van der Waals surface area (Å²) in [7, 11) is 0. The number of hydrazine groups is 1. The standard InChI is InChI=1S/C15H18N4O2/c1-3-21-13-6-4-5-12(9-13)18-15(20)11-7-10(2)17-14(8-11)19-16/h4-9H,3,16H2,1-2H3,(H,17,19)(H,18,20). The first kappa shape index (κ1) is 14.8. The third-order valence-corrected chi connectivity index (χ3v) is 2.77. The Hall–Kier alpha value is -2.60.